The predicted octanol–water partition coefficient (Wildman–Crippen LogP) is 3.61. The van der Waals surface area contributed by atoms with Gasteiger partial charge in [0.15, 0.2) is 5.82 Å². The van der Waals surface area contributed by atoms with Crippen molar-refractivity contribution >= 4 is 16.7 Å². The van der Waals surface area contributed by atoms with Gasteiger partial charge in [0.25, 0.3) is 0 Å². The molecule has 3 heterocycles. The maximum Gasteiger partial charge on any atom is 0.159 e. The van der Waals surface area contributed by atoms with Gasteiger partial charge in [-0.2, -0.15) is 5.10 Å². The molecule has 0 bridgehead atoms. The molecule has 2 saturated carbocycles. The number of benzene rings is 1. The summed E-state index contributed by atoms with van der Waals surface area (Å²) in [7, 11) is 0. The van der Waals surface area contributed by atoms with Crippen molar-refractivity contribution in [2.45, 2.75) is 57.0 Å². The lowest BCUT2D eigenvalue weighted by Crippen LogP contribution is -2.42. The Hall–Kier alpha value is -2.47. The fourth-order valence-electron chi connectivity index (χ4n) is 5.31. The maximum atomic E-state index is 10.2. The van der Waals surface area contributed by atoms with Crippen LogP contribution >= 0.6 is 0 Å². The van der Waals surface area contributed by atoms with Crippen molar-refractivity contribution in [2.75, 3.05) is 18.0 Å². The van der Waals surface area contributed by atoms with Crippen LogP contribution in [0.4, 0.5) is 5.82 Å². The van der Waals surface area contributed by atoms with Crippen LogP contribution in [0.3, 0.4) is 0 Å². The predicted molar refractivity (Wildman–Crippen MR) is 112 cm³/mol. The van der Waals surface area contributed by atoms with Gasteiger partial charge >= 0.3 is 0 Å². The Morgan fingerprint density at radius 2 is 1.72 bits per heavy atom. The molecule has 3 fully saturated rings. The summed E-state index contributed by atoms with van der Waals surface area (Å²) in [6.45, 7) is 5.92. The quantitative estimate of drug-likeness (QED) is 0.741. The number of aliphatic hydroxyl groups is 1. The van der Waals surface area contributed by atoms with Gasteiger partial charge in [0.2, 0.25) is 0 Å². The molecule has 1 aromatic carbocycles. The second kappa shape index (κ2) is 5.57. The van der Waals surface area contributed by atoms with Crippen molar-refractivity contribution in [3.8, 4) is 5.82 Å². The van der Waals surface area contributed by atoms with Gasteiger partial charge < -0.3 is 10.0 Å². The molecule has 0 unspecified atom stereocenters. The van der Waals surface area contributed by atoms with Gasteiger partial charge in [-0.3, -0.25) is 0 Å². The average Bonchev–Trinajstić information content (AvgIpc) is 3.56. The van der Waals surface area contributed by atoms with Crippen LogP contribution in [0, 0.1) is 5.41 Å². The Morgan fingerprint density at radius 3 is 2.45 bits per heavy atom. The molecular weight excluding hydrogens is 362 g/mol. The first-order chi connectivity index (χ1) is 13.9. The van der Waals surface area contributed by atoms with Gasteiger partial charge in [0.05, 0.1) is 17.3 Å². The minimum absolute atomic E-state index is 0.331. The standard InChI is InChI=1S/C23H27N5O/c1-21(29)7-9-27(10-8-21)19-12-20(25-15-24-19)28-18-11-17(4-3-16(18)13-26-28)22(2)14-23(22)5-6-23/h3-4,11-13,15,29H,5-10,14H2,1-2H3/t22-/m0/s1. The van der Waals surface area contributed by atoms with Gasteiger partial charge in [-0.15, -0.1) is 0 Å². The van der Waals surface area contributed by atoms with E-state index in [0.717, 1.165) is 48.5 Å². The summed E-state index contributed by atoms with van der Waals surface area (Å²) in [5, 5.41) is 16.0. The highest BCUT2D eigenvalue weighted by molar-refractivity contribution is 5.81. The summed E-state index contributed by atoms with van der Waals surface area (Å²) in [6, 6.07) is 8.81. The van der Waals surface area contributed by atoms with Gasteiger partial charge in [0.1, 0.15) is 12.1 Å². The molecule has 2 aliphatic carbocycles. The van der Waals surface area contributed by atoms with E-state index in [1.807, 2.05) is 23.9 Å². The van der Waals surface area contributed by atoms with E-state index in [1.165, 1.54) is 24.8 Å². The van der Waals surface area contributed by atoms with Crippen LogP contribution in [0.25, 0.3) is 16.7 Å². The number of rotatable bonds is 3. The highest BCUT2D eigenvalue weighted by Gasteiger charge is 2.71. The maximum absolute atomic E-state index is 10.2. The first kappa shape index (κ1) is 17.4. The molecule has 0 radical (unpaired) electrons. The number of nitrogens with zero attached hydrogens (tertiary/aromatic N) is 5. The largest absolute Gasteiger partial charge is 0.390 e. The van der Waals surface area contributed by atoms with E-state index in [4.69, 9.17) is 0 Å². The number of anilines is 1. The molecule has 6 rings (SSSR count). The number of fused-ring (bicyclic) bond motifs is 1. The number of aromatic nitrogens is 4. The monoisotopic (exact) mass is 389 g/mol. The van der Waals surface area contributed by atoms with E-state index >= 15 is 0 Å². The Morgan fingerprint density at radius 1 is 0.966 bits per heavy atom. The lowest BCUT2D eigenvalue weighted by Gasteiger charge is -2.36. The third-order valence-electron chi connectivity index (χ3n) is 7.82. The Kier molecular flexibility index (Phi) is 3.34. The molecule has 6 heteroatoms. The third-order valence-corrected chi connectivity index (χ3v) is 7.82. The summed E-state index contributed by atoms with van der Waals surface area (Å²) in [5.41, 5.74) is 2.88. The molecule has 0 amide bonds. The van der Waals surface area contributed by atoms with E-state index in [2.05, 4.69) is 45.1 Å². The third kappa shape index (κ3) is 2.61. The number of hydrogen-bond donors (Lipinski definition) is 1. The van der Waals surface area contributed by atoms with Gasteiger partial charge in [0, 0.05) is 24.5 Å². The topological polar surface area (TPSA) is 67.1 Å². The summed E-state index contributed by atoms with van der Waals surface area (Å²) < 4.78 is 1.94. The van der Waals surface area contributed by atoms with E-state index in [9.17, 15) is 5.11 Å². The van der Waals surface area contributed by atoms with Crippen LogP contribution in [0.15, 0.2) is 36.8 Å². The van der Waals surface area contributed by atoms with Crippen molar-refractivity contribution in [1.29, 1.82) is 0 Å². The minimum atomic E-state index is -0.571. The van der Waals surface area contributed by atoms with Crippen LogP contribution in [-0.2, 0) is 5.41 Å². The van der Waals surface area contributed by atoms with E-state index in [-0.39, 0.29) is 0 Å². The smallest absolute Gasteiger partial charge is 0.159 e. The molecule has 29 heavy (non-hydrogen) atoms. The highest BCUT2D eigenvalue weighted by atomic mass is 16.3. The molecule has 3 aromatic rings. The van der Waals surface area contributed by atoms with Gasteiger partial charge in [-0.05, 0) is 61.5 Å². The summed E-state index contributed by atoms with van der Waals surface area (Å²) >= 11 is 0. The summed E-state index contributed by atoms with van der Waals surface area (Å²) in [6.07, 6.45) is 9.10. The normalized spacial score (nSPS) is 26.8. The molecule has 1 spiro atoms. The first-order valence-electron chi connectivity index (χ1n) is 10.7. The Balaban J connectivity index is 1.35. The molecule has 2 aromatic heterocycles. The second-order valence-electron chi connectivity index (χ2n) is 9.84. The molecule has 1 aliphatic heterocycles. The van der Waals surface area contributed by atoms with Crippen LogP contribution < -0.4 is 4.90 Å². The summed E-state index contributed by atoms with van der Waals surface area (Å²) in [5.74, 6) is 1.69. The lowest BCUT2D eigenvalue weighted by molar-refractivity contribution is 0.0350. The molecule has 1 N–H and O–H groups in total. The lowest BCUT2D eigenvalue weighted by atomic mass is 9.93. The van der Waals surface area contributed by atoms with Crippen molar-refractivity contribution < 1.29 is 5.11 Å². The van der Waals surface area contributed by atoms with Crippen molar-refractivity contribution in [1.82, 2.24) is 19.7 Å². The van der Waals surface area contributed by atoms with Gasteiger partial charge in [-0.1, -0.05) is 19.1 Å². The zero-order valence-corrected chi connectivity index (χ0v) is 17.1. The zero-order chi connectivity index (χ0) is 19.9. The van der Waals surface area contributed by atoms with Gasteiger partial charge in [-0.25, -0.2) is 14.6 Å². The molecule has 1 atom stereocenters. The van der Waals surface area contributed by atoms with E-state index in [1.54, 1.807) is 6.33 Å². The zero-order valence-electron chi connectivity index (χ0n) is 17.1. The average molecular weight is 390 g/mol. The number of hydrogen-bond acceptors (Lipinski definition) is 5. The number of piperidine rings is 1. The van der Waals surface area contributed by atoms with E-state index in [0.29, 0.717) is 10.8 Å². The van der Waals surface area contributed by atoms with Crippen LogP contribution in [0.2, 0.25) is 0 Å². The molecule has 3 aliphatic rings. The summed E-state index contributed by atoms with van der Waals surface area (Å²) in [4.78, 5) is 11.2. The van der Waals surface area contributed by atoms with E-state index < -0.39 is 5.60 Å². The van der Waals surface area contributed by atoms with Crippen LogP contribution in [-0.4, -0.2) is 43.5 Å². The fourth-order valence-corrected chi connectivity index (χ4v) is 5.31. The molecular formula is C23H27N5O. The fraction of sp³-hybridized carbons (Fsp3) is 0.522. The SMILES string of the molecule is CC1(O)CCN(c2cc(-n3ncc4ccc([C@]5(C)CC56CC6)cc43)ncn2)CC1. The van der Waals surface area contributed by atoms with Crippen molar-refractivity contribution in [3.63, 3.8) is 0 Å². The Bertz CT molecular complexity index is 1110. The van der Waals surface area contributed by atoms with Crippen LogP contribution in [0.5, 0.6) is 0 Å². The Labute approximate surface area is 170 Å². The minimum Gasteiger partial charge on any atom is -0.390 e. The van der Waals surface area contributed by atoms with Crippen LogP contribution in [0.1, 0.15) is 51.5 Å². The van der Waals surface area contributed by atoms with Crippen molar-refractivity contribution in [2.24, 2.45) is 5.41 Å². The van der Waals surface area contributed by atoms with Crippen molar-refractivity contribution in [3.05, 3.63) is 42.4 Å². The first-order valence-corrected chi connectivity index (χ1v) is 10.7. The molecule has 150 valence electrons. The second-order valence-corrected chi connectivity index (χ2v) is 9.84. The molecule has 1 saturated heterocycles. The highest BCUT2D eigenvalue weighted by Crippen LogP contribution is 2.78. The molecule has 6 nitrogen and oxygen atoms in total.